The van der Waals surface area contributed by atoms with E-state index in [1.165, 1.54) is 0 Å². The van der Waals surface area contributed by atoms with Crippen molar-refractivity contribution in [3.05, 3.63) is 12.7 Å². The maximum Gasteiger partial charge on any atom is 0.163 e. The van der Waals surface area contributed by atoms with Crippen molar-refractivity contribution in [2.45, 2.75) is 66.0 Å². The van der Waals surface area contributed by atoms with E-state index in [4.69, 9.17) is 9.47 Å². The number of ether oxygens (including phenoxy) is 2. The zero-order valence-electron chi connectivity index (χ0n) is 13.1. The monoisotopic (exact) mass is 268 g/mol. The molecule has 0 saturated carbocycles. The summed E-state index contributed by atoms with van der Waals surface area (Å²) in [4.78, 5) is 11.3. The molecule has 0 aliphatic carbocycles. The molecule has 1 aliphatic heterocycles. The van der Waals surface area contributed by atoms with Gasteiger partial charge in [-0.2, -0.15) is 0 Å². The molecule has 0 N–H and O–H groups in total. The Hall–Kier alpha value is -0.670. The van der Waals surface area contributed by atoms with Crippen LogP contribution in [0, 0.1) is 17.3 Å². The molecule has 110 valence electrons. The van der Waals surface area contributed by atoms with Gasteiger partial charge in [0, 0.05) is 11.3 Å². The number of allylic oxidation sites excluding steroid dienone is 1. The lowest BCUT2D eigenvalue weighted by Gasteiger charge is -2.50. The van der Waals surface area contributed by atoms with Crippen molar-refractivity contribution in [1.29, 1.82) is 0 Å². The van der Waals surface area contributed by atoms with Crippen molar-refractivity contribution in [3.63, 3.8) is 0 Å². The first-order valence-corrected chi connectivity index (χ1v) is 7.07. The highest BCUT2D eigenvalue weighted by molar-refractivity contribution is 5.59. The Labute approximate surface area is 117 Å². The Balaban J connectivity index is 3.01. The van der Waals surface area contributed by atoms with Gasteiger partial charge in [-0.3, -0.25) is 0 Å². The van der Waals surface area contributed by atoms with Crippen LogP contribution < -0.4 is 0 Å². The predicted molar refractivity (Wildman–Crippen MR) is 76.8 cm³/mol. The molecule has 0 aromatic carbocycles. The van der Waals surface area contributed by atoms with Crippen LogP contribution in [0.2, 0.25) is 0 Å². The van der Waals surface area contributed by atoms with Gasteiger partial charge in [-0.05, 0) is 26.2 Å². The Bertz CT molecular complexity index is 333. The summed E-state index contributed by atoms with van der Waals surface area (Å²) in [5, 5.41) is 0. The SMILES string of the molecule is C=CC[C@@H](C)[C@@H]1OC(C)(C)O[C@H](C(C)(C)C=O)[C@H]1C. The molecule has 1 fully saturated rings. The fraction of sp³-hybridized carbons (Fsp3) is 0.812. The fourth-order valence-electron chi connectivity index (χ4n) is 2.98. The van der Waals surface area contributed by atoms with Crippen LogP contribution in [-0.4, -0.2) is 24.3 Å². The minimum Gasteiger partial charge on any atom is -0.347 e. The van der Waals surface area contributed by atoms with Gasteiger partial charge >= 0.3 is 0 Å². The van der Waals surface area contributed by atoms with Gasteiger partial charge in [0.1, 0.15) is 6.29 Å². The first-order chi connectivity index (χ1) is 8.64. The summed E-state index contributed by atoms with van der Waals surface area (Å²) in [7, 11) is 0. The second-order valence-electron chi connectivity index (χ2n) is 6.82. The molecule has 0 unspecified atom stereocenters. The molecule has 4 atom stereocenters. The lowest BCUT2D eigenvalue weighted by atomic mass is 9.75. The van der Waals surface area contributed by atoms with Crippen LogP contribution in [0.1, 0.15) is 48.0 Å². The molecule has 0 aromatic rings. The Morgan fingerprint density at radius 2 is 1.95 bits per heavy atom. The van der Waals surface area contributed by atoms with Crippen molar-refractivity contribution in [1.82, 2.24) is 0 Å². The molecule has 0 bridgehead atoms. The molecule has 3 heteroatoms. The second-order valence-corrected chi connectivity index (χ2v) is 6.82. The fourth-order valence-corrected chi connectivity index (χ4v) is 2.98. The van der Waals surface area contributed by atoms with E-state index in [2.05, 4.69) is 20.4 Å². The molecule has 1 rings (SSSR count). The standard InChI is InChI=1S/C16H28O3/c1-8-9-11(2)13-12(3)14(15(4,5)10-17)19-16(6,7)18-13/h8,10-14H,1,9H2,2-7H3/t11-,12+,13+,14+/m1/s1. The van der Waals surface area contributed by atoms with E-state index >= 15 is 0 Å². The molecule has 0 radical (unpaired) electrons. The van der Waals surface area contributed by atoms with Crippen LogP contribution >= 0.6 is 0 Å². The molecule has 1 saturated heterocycles. The third-order valence-corrected chi connectivity index (χ3v) is 3.96. The zero-order chi connectivity index (χ0) is 14.8. The van der Waals surface area contributed by atoms with Gasteiger partial charge in [-0.1, -0.05) is 33.8 Å². The van der Waals surface area contributed by atoms with E-state index in [9.17, 15) is 4.79 Å². The van der Waals surface area contributed by atoms with Crippen molar-refractivity contribution >= 4 is 6.29 Å². The van der Waals surface area contributed by atoms with Gasteiger partial charge < -0.3 is 14.3 Å². The van der Waals surface area contributed by atoms with E-state index in [1.54, 1.807) is 0 Å². The van der Waals surface area contributed by atoms with Crippen molar-refractivity contribution in [3.8, 4) is 0 Å². The lowest BCUT2D eigenvalue weighted by Crippen LogP contribution is -2.56. The summed E-state index contributed by atoms with van der Waals surface area (Å²) >= 11 is 0. The van der Waals surface area contributed by atoms with Crippen LogP contribution in [0.25, 0.3) is 0 Å². The molecule has 0 aromatic heterocycles. The lowest BCUT2D eigenvalue weighted by molar-refractivity contribution is -0.339. The van der Waals surface area contributed by atoms with Gasteiger partial charge in [-0.15, -0.1) is 6.58 Å². The van der Waals surface area contributed by atoms with Crippen LogP contribution in [0.3, 0.4) is 0 Å². The second kappa shape index (κ2) is 5.76. The molecule has 19 heavy (non-hydrogen) atoms. The average Bonchev–Trinajstić information content (AvgIpc) is 2.31. The summed E-state index contributed by atoms with van der Waals surface area (Å²) < 4.78 is 12.1. The molecule has 0 spiro atoms. The van der Waals surface area contributed by atoms with Gasteiger partial charge in [0.2, 0.25) is 0 Å². The minimum absolute atomic E-state index is 0.0750. The number of aldehydes is 1. The van der Waals surface area contributed by atoms with E-state index in [-0.39, 0.29) is 18.1 Å². The molecule has 3 nitrogen and oxygen atoms in total. The Kier molecular flexibility index (Phi) is 4.97. The molecule has 0 amide bonds. The first-order valence-electron chi connectivity index (χ1n) is 7.07. The van der Waals surface area contributed by atoms with Crippen molar-refractivity contribution < 1.29 is 14.3 Å². The van der Waals surface area contributed by atoms with E-state index in [0.29, 0.717) is 5.92 Å². The summed E-state index contributed by atoms with van der Waals surface area (Å²) in [6.45, 7) is 15.8. The third kappa shape index (κ3) is 3.67. The molecule has 1 aliphatic rings. The summed E-state index contributed by atoms with van der Waals surface area (Å²) in [6.07, 6.45) is 3.75. The summed E-state index contributed by atoms with van der Waals surface area (Å²) in [5.74, 6) is -0.124. The Morgan fingerprint density at radius 3 is 2.42 bits per heavy atom. The molecular formula is C16H28O3. The predicted octanol–water partition coefficient (Wildman–Crippen LogP) is 3.58. The minimum atomic E-state index is -0.655. The maximum absolute atomic E-state index is 11.3. The maximum atomic E-state index is 11.3. The van der Waals surface area contributed by atoms with Gasteiger partial charge in [0.05, 0.1) is 12.2 Å². The van der Waals surface area contributed by atoms with Gasteiger partial charge in [0.25, 0.3) is 0 Å². The van der Waals surface area contributed by atoms with Crippen LogP contribution in [0.15, 0.2) is 12.7 Å². The van der Waals surface area contributed by atoms with E-state index < -0.39 is 11.2 Å². The normalized spacial score (nSPS) is 32.6. The number of carbonyl (C=O) groups is 1. The highest BCUT2D eigenvalue weighted by Gasteiger charge is 2.48. The number of hydrogen-bond acceptors (Lipinski definition) is 3. The van der Waals surface area contributed by atoms with Crippen LogP contribution in [0.4, 0.5) is 0 Å². The number of rotatable bonds is 5. The summed E-state index contributed by atoms with van der Waals surface area (Å²) in [5.41, 5.74) is -0.507. The zero-order valence-corrected chi connectivity index (χ0v) is 13.1. The Morgan fingerprint density at radius 1 is 1.37 bits per heavy atom. The molecular weight excluding hydrogens is 240 g/mol. The highest BCUT2D eigenvalue weighted by Crippen LogP contribution is 2.41. The van der Waals surface area contributed by atoms with Crippen LogP contribution in [0.5, 0.6) is 0 Å². The number of hydrogen-bond donors (Lipinski definition) is 0. The topological polar surface area (TPSA) is 35.5 Å². The third-order valence-electron chi connectivity index (χ3n) is 3.96. The average molecular weight is 268 g/mol. The largest absolute Gasteiger partial charge is 0.347 e. The molecule has 1 heterocycles. The van der Waals surface area contributed by atoms with E-state index in [0.717, 1.165) is 12.7 Å². The van der Waals surface area contributed by atoms with Crippen molar-refractivity contribution in [2.75, 3.05) is 0 Å². The van der Waals surface area contributed by atoms with Crippen LogP contribution in [-0.2, 0) is 14.3 Å². The highest BCUT2D eigenvalue weighted by atomic mass is 16.7. The number of carbonyl (C=O) groups excluding carboxylic acids is 1. The first kappa shape index (κ1) is 16.4. The van der Waals surface area contributed by atoms with E-state index in [1.807, 2.05) is 33.8 Å². The smallest absolute Gasteiger partial charge is 0.163 e. The van der Waals surface area contributed by atoms with Crippen molar-refractivity contribution in [2.24, 2.45) is 17.3 Å². The van der Waals surface area contributed by atoms with Gasteiger partial charge in [-0.25, -0.2) is 0 Å². The van der Waals surface area contributed by atoms with Gasteiger partial charge in [0.15, 0.2) is 5.79 Å². The quantitative estimate of drug-likeness (QED) is 0.565. The summed E-state index contributed by atoms with van der Waals surface area (Å²) in [6, 6.07) is 0.